The minimum atomic E-state index is -1.84. The highest BCUT2D eigenvalue weighted by atomic mass is 35.6. The molecule has 0 saturated heterocycles. The zero-order valence-electron chi connectivity index (χ0n) is 15.5. The Hall–Kier alpha value is -1.73. The molecule has 150 valence electrons. The number of methoxy groups -OCH3 is 1. The van der Waals surface area contributed by atoms with Crippen LogP contribution >= 0.6 is 47.0 Å². The first-order valence-electron chi connectivity index (χ1n) is 8.26. The second kappa shape index (κ2) is 9.65. The highest BCUT2D eigenvalue weighted by Gasteiger charge is 2.35. The number of halogens is 3. The van der Waals surface area contributed by atoms with Crippen molar-refractivity contribution in [1.29, 1.82) is 0 Å². The first-order chi connectivity index (χ1) is 13.1. The van der Waals surface area contributed by atoms with Gasteiger partial charge in [0.1, 0.15) is 11.9 Å². The molecule has 0 heterocycles. The van der Waals surface area contributed by atoms with Gasteiger partial charge in [-0.15, -0.1) is 0 Å². The van der Waals surface area contributed by atoms with Crippen molar-refractivity contribution in [2.75, 3.05) is 12.4 Å². The summed E-state index contributed by atoms with van der Waals surface area (Å²) in [5.41, 5.74) is 3.31. The van der Waals surface area contributed by atoms with Crippen LogP contribution in [0.3, 0.4) is 0 Å². The van der Waals surface area contributed by atoms with Gasteiger partial charge < -0.3 is 20.7 Å². The molecular weight excluding hydrogens is 441 g/mol. The number of carbonyl (C=O) groups is 1. The number of ether oxygens (including phenoxy) is 1. The molecule has 0 saturated carbocycles. The van der Waals surface area contributed by atoms with Crippen LogP contribution in [0.15, 0.2) is 42.5 Å². The standard InChI is InChI=1S/C19H20Cl3N3O2S/c1-11-7-8-15(12(2)9-11)23-18(28)25-17(19(20,21)22)24-16(26)13-5-4-6-14(10-13)27-3/h4-10,17H,1-3H3,(H,24,26)(H2,23,25,28)/t17-/m0/s1. The largest absolute Gasteiger partial charge is 0.497 e. The molecule has 0 aliphatic heterocycles. The van der Waals surface area contributed by atoms with Crippen molar-refractivity contribution in [3.05, 3.63) is 59.2 Å². The summed E-state index contributed by atoms with van der Waals surface area (Å²) < 4.78 is 3.28. The Morgan fingerprint density at radius 3 is 2.43 bits per heavy atom. The van der Waals surface area contributed by atoms with Crippen LogP contribution in [0, 0.1) is 13.8 Å². The first kappa shape index (κ1) is 22.6. The summed E-state index contributed by atoms with van der Waals surface area (Å²) in [7, 11) is 1.51. The third-order valence-electron chi connectivity index (χ3n) is 3.84. The molecule has 0 bridgehead atoms. The Balaban J connectivity index is 2.10. The molecule has 2 rings (SSSR count). The number of rotatable bonds is 5. The van der Waals surface area contributed by atoms with Gasteiger partial charge in [0.15, 0.2) is 5.11 Å². The molecule has 0 fully saturated rings. The quantitative estimate of drug-likeness (QED) is 0.342. The van der Waals surface area contributed by atoms with Gasteiger partial charge in [-0.2, -0.15) is 0 Å². The molecule has 0 aliphatic rings. The van der Waals surface area contributed by atoms with Gasteiger partial charge in [-0.1, -0.05) is 58.6 Å². The topological polar surface area (TPSA) is 62.4 Å². The highest BCUT2D eigenvalue weighted by Crippen LogP contribution is 2.29. The van der Waals surface area contributed by atoms with Crippen molar-refractivity contribution in [3.63, 3.8) is 0 Å². The lowest BCUT2D eigenvalue weighted by Gasteiger charge is -2.28. The van der Waals surface area contributed by atoms with Crippen LogP contribution in [0.2, 0.25) is 0 Å². The van der Waals surface area contributed by atoms with E-state index in [9.17, 15) is 4.79 Å². The number of carbonyl (C=O) groups excluding carboxylic acids is 1. The number of thiocarbonyl (C=S) groups is 1. The van der Waals surface area contributed by atoms with Crippen LogP contribution in [0.1, 0.15) is 21.5 Å². The predicted molar refractivity (Wildman–Crippen MR) is 120 cm³/mol. The van der Waals surface area contributed by atoms with Crippen LogP contribution in [0.4, 0.5) is 5.69 Å². The lowest BCUT2D eigenvalue weighted by atomic mass is 10.1. The van der Waals surface area contributed by atoms with Crippen LogP contribution < -0.4 is 20.7 Å². The highest BCUT2D eigenvalue weighted by molar-refractivity contribution is 7.80. The minimum absolute atomic E-state index is 0.203. The van der Waals surface area contributed by atoms with Gasteiger partial charge in [-0.3, -0.25) is 4.79 Å². The zero-order chi connectivity index (χ0) is 20.9. The van der Waals surface area contributed by atoms with E-state index in [0.29, 0.717) is 11.3 Å². The van der Waals surface area contributed by atoms with Crippen LogP contribution in [0.5, 0.6) is 5.75 Å². The van der Waals surface area contributed by atoms with E-state index < -0.39 is 15.9 Å². The van der Waals surface area contributed by atoms with Crippen molar-refractivity contribution < 1.29 is 9.53 Å². The van der Waals surface area contributed by atoms with Gasteiger partial charge in [0.25, 0.3) is 5.91 Å². The molecule has 3 N–H and O–H groups in total. The maximum atomic E-state index is 12.6. The lowest BCUT2D eigenvalue weighted by molar-refractivity contribution is 0.0934. The van der Waals surface area contributed by atoms with Crippen LogP contribution in [-0.4, -0.2) is 28.1 Å². The van der Waals surface area contributed by atoms with Gasteiger partial charge in [-0.05, 0) is 55.9 Å². The SMILES string of the molecule is COc1cccc(C(=O)N[C@@H](NC(=S)Nc2ccc(C)cc2C)C(Cl)(Cl)Cl)c1. The summed E-state index contributed by atoms with van der Waals surface area (Å²) in [6.07, 6.45) is -1.07. The van der Waals surface area contributed by atoms with Crippen molar-refractivity contribution in [2.45, 2.75) is 23.8 Å². The van der Waals surface area contributed by atoms with Gasteiger partial charge >= 0.3 is 0 Å². The molecule has 0 aliphatic carbocycles. The smallest absolute Gasteiger partial charge is 0.253 e. The molecule has 2 aromatic rings. The van der Waals surface area contributed by atoms with E-state index in [0.717, 1.165) is 16.8 Å². The second-order valence-electron chi connectivity index (χ2n) is 6.10. The number of amides is 1. The Kier molecular flexibility index (Phi) is 7.78. The molecule has 0 aromatic heterocycles. The average molecular weight is 461 g/mol. The fraction of sp³-hybridized carbons (Fsp3) is 0.263. The van der Waals surface area contributed by atoms with Gasteiger partial charge in [0, 0.05) is 11.3 Å². The number of hydrogen-bond donors (Lipinski definition) is 3. The maximum Gasteiger partial charge on any atom is 0.253 e. The minimum Gasteiger partial charge on any atom is -0.497 e. The summed E-state index contributed by atoms with van der Waals surface area (Å²) in [5, 5.41) is 8.72. The molecule has 0 spiro atoms. The molecule has 5 nitrogen and oxygen atoms in total. The van der Waals surface area contributed by atoms with Crippen LogP contribution in [-0.2, 0) is 0 Å². The van der Waals surface area contributed by atoms with Crippen molar-refractivity contribution in [2.24, 2.45) is 0 Å². The molecule has 1 atom stereocenters. The third-order valence-corrected chi connectivity index (χ3v) is 4.71. The molecule has 0 radical (unpaired) electrons. The first-order valence-corrected chi connectivity index (χ1v) is 9.81. The molecule has 28 heavy (non-hydrogen) atoms. The number of nitrogens with one attached hydrogen (secondary N) is 3. The summed E-state index contributed by atoms with van der Waals surface area (Å²) >= 11 is 23.4. The van der Waals surface area contributed by atoms with Gasteiger partial charge in [-0.25, -0.2) is 0 Å². The summed E-state index contributed by atoms with van der Waals surface area (Å²) in [6, 6.07) is 12.5. The van der Waals surface area contributed by atoms with E-state index in [-0.39, 0.29) is 5.11 Å². The normalized spacial score (nSPS) is 12.1. The Labute approximate surface area is 184 Å². The molecule has 2 aromatic carbocycles. The lowest BCUT2D eigenvalue weighted by Crippen LogP contribution is -2.56. The Morgan fingerprint density at radius 2 is 1.82 bits per heavy atom. The van der Waals surface area contributed by atoms with Crippen molar-refractivity contribution in [1.82, 2.24) is 10.6 Å². The number of aryl methyl sites for hydroxylation is 2. The summed E-state index contributed by atoms with van der Waals surface area (Å²) in [6.45, 7) is 3.95. The molecular formula is C19H20Cl3N3O2S. The van der Waals surface area contributed by atoms with Crippen molar-refractivity contribution >= 4 is 63.7 Å². The van der Waals surface area contributed by atoms with E-state index in [2.05, 4.69) is 16.0 Å². The monoisotopic (exact) mass is 459 g/mol. The predicted octanol–water partition coefficient (Wildman–Crippen LogP) is 4.72. The summed E-state index contributed by atoms with van der Waals surface area (Å²) in [5.74, 6) is 0.0927. The van der Waals surface area contributed by atoms with Gasteiger partial charge in [0.2, 0.25) is 3.79 Å². The number of alkyl halides is 3. The number of hydrogen-bond acceptors (Lipinski definition) is 3. The Bertz CT molecular complexity index is 872. The fourth-order valence-electron chi connectivity index (χ4n) is 2.42. The second-order valence-corrected chi connectivity index (χ2v) is 8.87. The maximum absolute atomic E-state index is 12.6. The summed E-state index contributed by atoms with van der Waals surface area (Å²) in [4.78, 5) is 12.6. The van der Waals surface area contributed by atoms with E-state index in [1.807, 2.05) is 32.0 Å². The number of anilines is 1. The van der Waals surface area contributed by atoms with Crippen LogP contribution in [0.25, 0.3) is 0 Å². The van der Waals surface area contributed by atoms with E-state index in [1.165, 1.54) is 7.11 Å². The molecule has 0 unspecified atom stereocenters. The van der Waals surface area contributed by atoms with Crippen molar-refractivity contribution in [3.8, 4) is 5.75 Å². The molecule has 1 amide bonds. The van der Waals surface area contributed by atoms with E-state index >= 15 is 0 Å². The van der Waals surface area contributed by atoms with E-state index in [1.54, 1.807) is 24.3 Å². The van der Waals surface area contributed by atoms with E-state index in [4.69, 9.17) is 51.8 Å². The van der Waals surface area contributed by atoms with Gasteiger partial charge in [0.05, 0.1) is 7.11 Å². The third kappa shape index (κ3) is 6.41. The number of benzene rings is 2. The fourth-order valence-corrected chi connectivity index (χ4v) is 2.98. The Morgan fingerprint density at radius 1 is 1.11 bits per heavy atom. The zero-order valence-corrected chi connectivity index (χ0v) is 18.6. The average Bonchev–Trinajstić information content (AvgIpc) is 2.62. The molecule has 9 heteroatoms.